The van der Waals surface area contributed by atoms with Crippen LogP contribution in [-0.2, 0) is 0 Å². The first kappa shape index (κ1) is 7.88. The van der Waals surface area contributed by atoms with Crippen molar-refractivity contribution in [2.24, 2.45) is 0 Å². The second-order valence-corrected chi connectivity index (χ2v) is 2.00. The fourth-order valence-electron chi connectivity index (χ4n) is 0.365. The quantitative estimate of drug-likeness (QED) is 0.471. The van der Waals surface area contributed by atoms with Crippen molar-refractivity contribution in [3.63, 3.8) is 0 Å². The largest absolute Gasteiger partial charge is 0.377 e. The molecule has 0 fully saturated rings. The number of aliphatic hydroxyl groups is 1. The molecule has 0 spiro atoms. The predicted molar refractivity (Wildman–Crippen MR) is 33.6 cm³/mol. The average molecular weight is 118 g/mol. The van der Waals surface area contributed by atoms with Gasteiger partial charge in [-0.3, -0.25) is 4.90 Å². The van der Waals surface area contributed by atoms with Crippen LogP contribution >= 0.6 is 0 Å². The van der Waals surface area contributed by atoms with E-state index in [1.807, 2.05) is 21.1 Å². The zero-order valence-corrected chi connectivity index (χ0v) is 5.68. The number of likely N-dealkylation sites (N-methyl/N-ethyl adjacent to an activating group) is 2. The van der Waals surface area contributed by atoms with Crippen molar-refractivity contribution in [1.82, 2.24) is 10.2 Å². The monoisotopic (exact) mass is 118 g/mol. The number of nitrogens with one attached hydrogen (secondary N) is 1. The number of nitrogens with zero attached hydrogens (tertiary/aromatic N) is 1. The summed E-state index contributed by atoms with van der Waals surface area (Å²) in [6.45, 7) is 0.618. The van der Waals surface area contributed by atoms with Gasteiger partial charge in [0, 0.05) is 6.54 Å². The standard InChI is InChI=1S/C5H14N2O/c1-6-4-5(8)7(2)3/h5-6,8H,4H2,1-3H3. The molecule has 1 atom stereocenters. The summed E-state index contributed by atoms with van der Waals surface area (Å²) in [6, 6.07) is 0. The van der Waals surface area contributed by atoms with Crippen molar-refractivity contribution in [3.05, 3.63) is 0 Å². The fraction of sp³-hybridized carbons (Fsp3) is 1.00. The third-order valence-electron chi connectivity index (χ3n) is 0.983. The minimum absolute atomic E-state index is 0.361. The molecule has 8 heavy (non-hydrogen) atoms. The van der Waals surface area contributed by atoms with E-state index in [4.69, 9.17) is 5.11 Å². The molecule has 0 aromatic carbocycles. The Hall–Kier alpha value is -0.120. The first-order chi connectivity index (χ1) is 3.68. The van der Waals surface area contributed by atoms with E-state index in [0.717, 1.165) is 0 Å². The van der Waals surface area contributed by atoms with Gasteiger partial charge in [-0.05, 0) is 21.1 Å². The first-order valence-corrected chi connectivity index (χ1v) is 2.67. The molecule has 0 aromatic rings. The molecule has 0 rings (SSSR count). The SMILES string of the molecule is CNCC(O)N(C)C. The van der Waals surface area contributed by atoms with Gasteiger partial charge >= 0.3 is 0 Å². The Morgan fingerprint density at radius 1 is 1.62 bits per heavy atom. The molecular formula is C5H14N2O. The Bertz CT molecular complexity index is 56.4. The first-order valence-electron chi connectivity index (χ1n) is 2.67. The molecule has 1 unspecified atom stereocenters. The highest BCUT2D eigenvalue weighted by molar-refractivity contribution is 4.51. The molecule has 0 heterocycles. The molecule has 3 nitrogen and oxygen atoms in total. The summed E-state index contributed by atoms with van der Waals surface area (Å²) in [5, 5.41) is 11.8. The number of aliphatic hydroxyl groups excluding tert-OH is 1. The zero-order chi connectivity index (χ0) is 6.57. The highest BCUT2D eigenvalue weighted by Crippen LogP contribution is 1.81. The summed E-state index contributed by atoms with van der Waals surface area (Å²) in [5.74, 6) is 0. The molecule has 0 aliphatic carbocycles. The molecule has 0 aliphatic heterocycles. The van der Waals surface area contributed by atoms with Crippen molar-refractivity contribution in [1.29, 1.82) is 0 Å². The number of hydrogen-bond donors (Lipinski definition) is 2. The minimum atomic E-state index is -0.361. The topological polar surface area (TPSA) is 35.5 Å². The van der Waals surface area contributed by atoms with Crippen LogP contribution in [-0.4, -0.2) is 43.9 Å². The normalized spacial score (nSPS) is 14.6. The van der Waals surface area contributed by atoms with Gasteiger partial charge in [-0.1, -0.05) is 0 Å². The molecule has 0 bridgehead atoms. The van der Waals surface area contributed by atoms with E-state index < -0.39 is 0 Å². The van der Waals surface area contributed by atoms with Crippen LogP contribution in [0.2, 0.25) is 0 Å². The van der Waals surface area contributed by atoms with Crippen molar-refractivity contribution in [3.8, 4) is 0 Å². The molecule has 3 heteroatoms. The van der Waals surface area contributed by atoms with Gasteiger partial charge in [0.1, 0.15) is 6.23 Å². The van der Waals surface area contributed by atoms with Crippen molar-refractivity contribution < 1.29 is 5.11 Å². The molecule has 0 saturated carbocycles. The summed E-state index contributed by atoms with van der Waals surface area (Å²) in [5.41, 5.74) is 0. The van der Waals surface area contributed by atoms with Crippen LogP contribution in [0.4, 0.5) is 0 Å². The maximum atomic E-state index is 8.99. The summed E-state index contributed by atoms with van der Waals surface area (Å²) < 4.78 is 0. The maximum Gasteiger partial charge on any atom is 0.119 e. The molecule has 50 valence electrons. The summed E-state index contributed by atoms with van der Waals surface area (Å²) in [4.78, 5) is 1.75. The van der Waals surface area contributed by atoms with Crippen molar-refractivity contribution in [2.45, 2.75) is 6.23 Å². The molecule has 0 saturated heterocycles. The Labute approximate surface area is 50.3 Å². The third-order valence-corrected chi connectivity index (χ3v) is 0.983. The van der Waals surface area contributed by atoms with E-state index in [9.17, 15) is 0 Å². The van der Waals surface area contributed by atoms with Crippen LogP contribution in [0.5, 0.6) is 0 Å². The van der Waals surface area contributed by atoms with Gasteiger partial charge in [0.05, 0.1) is 0 Å². The lowest BCUT2D eigenvalue weighted by molar-refractivity contribution is 0.0427. The van der Waals surface area contributed by atoms with Crippen LogP contribution in [0.1, 0.15) is 0 Å². The number of hydrogen-bond acceptors (Lipinski definition) is 3. The van der Waals surface area contributed by atoms with Gasteiger partial charge in [-0.15, -0.1) is 0 Å². The minimum Gasteiger partial charge on any atom is -0.377 e. The van der Waals surface area contributed by atoms with Crippen LogP contribution in [0, 0.1) is 0 Å². The van der Waals surface area contributed by atoms with E-state index in [1.165, 1.54) is 0 Å². The van der Waals surface area contributed by atoms with Crippen molar-refractivity contribution in [2.75, 3.05) is 27.7 Å². The van der Waals surface area contributed by atoms with E-state index in [0.29, 0.717) is 6.54 Å². The Morgan fingerprint density at radius 3 is 2.25 bits per heavy atom. The van der Waals surface area contributed by atoms with Crippen LogP contribution in [0.3, 0.4) is 0 Å². The van der Waals surface area contributed by atoms with E-state index in [2.05, 4.69) is 5.32 Å². The maximum absolute atomic E-state index is 8.99. The van der Waals surface area contributed by atoms with Gasteiger partial charge in [0.15, 0.2) is 0 Å². The van der Waals surface area contributed by atoms with E-state index in [-0.39, 0.29) is 6.23 Å². The molecular weight excluding hydrogens is 104 g/mol. The average Bonchev–Trinajstić information content (AvgIpc) is 1.67. The van der Waals surface area contributed by atoms with Crippen LogP contribution in [0.25, 0.3) is 0 Å². The Morgan fingerprint density at radius 2 is 2.12 bits per heavy atom. The predicted octanol–water partition coefficient (Wildman–Crippen LogP) is -0.914. The van der Waals surface area contributed by atoms with Crippen LogP contribution in [0.15, 0.2) is 0 Å². The van der Waals surface area contributed by atoms with Gasteiger partial charge in [0.25, 0.3) is 0 Å². The highest BCUT2D eigenvalue weighted by Gasteiger charge is 2.01. The summed E-state index contributed by atoms with van der Waals surface area (Å²) in [6.07, 6.45) is -0.361. The molecule has 2 N–H and O–H groups in total. The zero-order valence-electron chi connectivity index (χ0n) is 5.68. The second-order valence-electron chi connectivity index (χ2n) is 2.00. The van der Waals surface area contributed by atoms with Crippen LogP contribution < -0.4 is 5.32 Å². The summed E-state index contributed by atoms with van der Waals surface area (Å²) >= 11 is 0. The Kier molecular flexibility index (Phi) is 3.77. The second kappa shape index (κ2) is 3.83. The third kappa shape index (κ3) is 2.96. The van der Waals surface area contributed by atoms with Gasteiger partial charge < -0.3 is 10.4 Å². The van der Waals surface area contributed by atoms with E-state index in [1.54, 1.807) is 4.90 Å². The van der Waals surface area contributed by atoms with Gasteiger partial charge in [0.2, 0.25) is 0 Å². The van der Waals surface area contributed by atoms with E-state index >= 15 is 0 Å². The van der Waals surface area contributed by atoms with Gasteiger partial charge in [-0.2, -0.15) is 0 Å². The van der Waals surface area contributed by atoms with Crippen molar-refractivity contribution >= 4 is 0 Å². The lowest BCUT2D eigenvalue weighted by atomic mass is 10.5. The summed E-state index contributed by atoms with van der Waals surface area (Å²) in [7, 11) is 5.48. The number of rotatable bonds is 3. The smallest absolute Gasteiger partial charge is 0.119 e. The Balaban J connectivity index is 3.17. The lowest BCUT2D eigenvalue weighted by Gasteiger charge is -2.16. The van der Waals surface area contributed by atoms with Gasteiger partial charge in [-0.25, -0.2) is 0 Å². The fourth-order valence-corrected chi connectivity index (χ4v) is 0.365. The molecule has 0 aliphatic rings. The molecule has 0 amide bonds. The molecule has 0 aromatic heterocycles. The lowest BCUT2D eigenvalue weighted by Crippen LogP contribution is -2.36. The highest BCUT2D eigenvalue weighted by atomic mass is 16.3. The molecule has 0 radical (unpaired) electrons.